The van der Waals surface area contributed by atoms with Gasteiger partial charge in [-0.1, -0.05) is 12.1 Å². The summed E-state index contributed by atoms with van der Waals surface area (Å²) in [6.45, 7) is 3.86. The molecule has 2 rings (SSSR count). The number of hydrogen-bond donors (Lipinski definition) is 1. The number of halogens is 1. The van der Waals surface area contributed by atoms with Crippen LogP contribution in [-0.4, -0.2) is 13.1 Å². The van der Waals surface area contributed by atoms with Crippen LogP contribution < -0.4 is 5.32 Å². The molecule has 0 saturated carbocycles. The Hall–Kier alpha value is -1.61. The fraction of sp³-hybridized carbons (Fsp3) is 0.333. The van der Waals surface area contributed by atoms with E-state index in [2.05, 4.69) is 12.2 Å². The summed E-state index contributed by atoms with van der Waals surface area (Å²) in [7, 11) is 1.92. The van der Waals surface area contributed by atoms with E-state index in [0.717, 1.165) is 23.5 Å². The van der Waals surface area contributed by atoms with Gasteiger partial charge >= 0.3 is 0 Å². The fourth-order valence-corrected chi connectivity index (χ4v) is 1.91. The average molecular weight is 247 g/mol. The largest absolute Gasteiger partial charge is 0.461 e. The molecule has 0 radical (unpaired) electrons. The number of nitrogens with one attached hydrogen (secondary N) is 1. The number of benzene rings is 1. The molecule has 1 aromatic heterocycles. The van der Waals surface area contributed by atoms with Crippen LogP contribution in [-0.2, 0) is 6.42 Å². The van der Waals surface area contributed by atoms with E-state index in [0.29, 0.717) is 11.6 Å². The molecule has 1 unspecified atom stereocenters. The average Bonchev–Trinajstić information content (AvgIpc) is 2.80. The SMILES string of the molecule is CNC(C)Cc1ccc(-c2cccc(F)c2C)o1. The molecule has 0 aliphatic heterocycles. The van der Waals surface area contributed by atoms with Gasteiger partial charge in [-0.25, -0.2) is 4.39 Å². The van der Waals surface area contributed by atoms with E-state index in [-0.39, 0.29) is 5.82 Å². The summed E-state index contributed by atoms with van der Waals surface area (Å²) in [6.07, 6.45) is 0.824. The Morgan fingerprint density at radius 1 is 1.28 bits per heavy atom. The summed E-state index contributed by atoms with van der Waals surface area (Å²) in [5.41, 5.74) is 1.44. The maximum Gasteiger partial charge on any atom is 0.134 e. The van der Waals surface area contributed by atoms with Crippen molar-refractivity contribution >= 4 is 0 Å². The van der Waals surface area contributed by atoms with E-state index in [1.165, 1.54) is 6.07 Å². The first kappa shape index (κ1) is 12.8. The van der Waals surface area contributed by atoms with Gasteiger partial charge in [-0.05, 0) is 44.7 Å². The highest BCUT2D eigenvalue weighted by atomic mass is 19.1. The van der Waals surface area contributed by atoms with Crippen molar-refractivity contribution in [2.45, 2.75) is 26.3 Å². The van der Waals surface area contributed by atoms with Gasteiger partial charge in [0.15, 0.2) is 0 Å². The molecule has 1 N–H and O–H groups in total. The molecule has 3 heteroatoms. The van der Waals surface area contributed by atoms with Crippen LogP contribution in [0.25, 0.3) is 11.3 Å². The molecule has 18 heavy (non-hydrogen) atoms. The van der Waals surface area contributed by atoms with Gasteiger partial charge in [0, 0.05) is 18.0 Å². The van der Waals surface area contributed by atoms with Crippen LogP contribution in [0.2, 0.25) is 0 Å². The Balaban J connectivity index is 2.27. The van der Waals surface area contributed by atoms with E-state index < -0.39 is 0 Å². The van der Waals surface area contributed by atoms with Crippen molar-refractivity contribution in [3.63, 3.8) is 0 Å². The minimum absolute atomic E-state index is 0.200. The van der Waals surface area contributed by atoms with E-state index in [1.807, 2.05) is 25.2 Å². The standard InChI is InChI=1S/C15H18FNO/c1-10(17-3)9-12-7-8-15(18-12)13-5-4-6-14(16)11(13)2/h4-8,10,17H,9H2,1-3H3. The lowest BCUT2D eigenvalue weighted by molar-refractivity contribution is 0.480. The zero-order valence-electron chi connectivity index (χ0n) is 11.0. The highest BCUT2D eigenvalue weighted by Crippen LogP contribution is 2.27. The summed E-state index contributed by atoms with van der Waals surface area (Å²) in [5, 5.41) is 3.16. The molecule has 0 aliphatic carbocycles. The van der Waals surface area contributed by atoms with Gasteiger partial charge in [0.2, 0.25) is 0 Å². The minimum Gasteiger partial charge on any atom is -0.461 e. The third kappa shape index (κ3) is 2.62. The maximum atomic E-state index is 13.5. The lowest BCUT2D eigenvalue weighted by Gasteiger charge is -2.07. The van der Waals surface area contributed by atoms with Crippen molar-refractivity contribution < 1.29 is 8.81 Å². The number of likely N-dealkylation sites (N-methyl/N-ethyl adjacent to an activating group) is 1. The monoisotopic (exact) mass is 247 g/mol. The summed E-state index contributed by atoms with van der Waals surface area (Å²) in [4.78, 5) is 0. The van der Waals surface area contributed by atoms with E-state index in [9.17, 15) is 4.39 Å². The molecule has 0 aliphatic rings. The molecule has 1 aromatic carbocycles. The van der Waals surface area contributed by atoms with Gasteiger partial charge in [-0.2, -0.15) is 0 Å². The Bertz CT molecular complexity index is 533. The Morgan fingerprint density at radius 3 is 2.78 bits per heavy atom. The van der Waals surface area contributed by atoms with Crippen LogP contribution in [0.4, 0.5) is 4.39 Å². The highest BCUT2D eigenvalue weighted by molar-refractivity contribution is 5.62. The van der Waals surface area contributed by atoms with Crippen molar-refractivity contribution in [2.75, 3.05) is 7.05 Å². The number of hydrogen-bond acceptors (Lipinski definition) is 2. The summed E-state index contributed by atoms with van der Waals surface area (Å²) in [5.74, 6) is 1.44. The lowest BCUT2D eigenvalue weighted by Crippen LogP contribution is -2.23. The van der Waals surface area contributed by atoms with E-state index >= 15 is 0 Å². The third-order valence-corrected chi connectivity index (χ3v) is 3.19. The second-order valence-corrected chi connectivity index (χ2v) is 4.57. The normalized spacial score (nSPS) is 12.7. The predicted molar refractivity (Wildman–Crippen MR) is 71.1 cm³/mol. The summed E-state index contributed by atoms with van der Waals surface area (Å²) < 4.78 is 19.3. The quantitative estimate of drug-likeness (QED) is 0.894. The summed E-state index contributed by atoms with van der Waals surface area (Å²) in [6, 6.07) is 9.26. The molecule has 2 nitrogen and oxygen atoms in total. The third-order valence-electron chi connectivity index (χ3n) is 3.19. The maximum absolute atomic E-state index is 13.5. The number of rotatable bonds is 4. The van der Waals surface area contributed by atoms with Crippen molar-refractivity contribution in [3.05, 3.63) is 47.5 Å². The van der Waals surface area contributed by atoms with Gasteiger partial charge in [0.25, 0.3) is 0 Å². The van der Waals surface area contributed by atoms with Crippen LogP contribution in [0.15, 0.2) is 34.7 Å². The first-order chi connectivity index (χ1) is 8.61. The van der Waals surface area contributed by atoms with Crippen molar-refractivity contribution in [2.24, 2.45) is 0 Å². The molecular weight excluding hydrogens is 229 g/mol. The van der Waals surface area contributed by atoms with Gasteiger partial charge < -0.3 is 9.73 Å². The molecule has 1 heterocycles. The molecule has 0 spiro atoms. The number of furan rings is 1. The van der Waals surface area contributed by atoms with Gasteiger partial charge in [0.05, 0.1) is 0 Å². The second-order valence-electron chi connectivity index (χ2n) is 4.57. The topological polar surface area (TPSA) is 25.2 Å². The predicted octanol–water partition coefficient (Wildman–Crippen LogP) is 3.54. The zero-order chi connectivity index (χ0) is 13.1. The highest BCUT2D eigenvalue weighted by Gasteiger charge is 2.11. The zero-order valence-corrected chi connectivity index (χ0v) is 11.0. The van der Waals surface area contributed by atoms with Crippen molar-refractivity contribution in [1.82, 2.24) is 5.32 Å². The second kappa shape index (κ2) is 5.36. The molecule has 0 amide bonds. The Labute approximate surface area is 107 Å². The van der Waals surface area contributed by atoms with Crippen LogP contribution >= 0.6 is 0 Å². The minimum atomic E-state index is -0.200. The van der Waals surface area contributed by atoms with Crippen molar-refractivity contribution in [1.29, 1.82) is 0 Å². The van der Waals surface area contributed by atoms with Gasteiger partial charge in [-0.15, -0.1) is 0 Å². The van der Waals surface area contributed by atoms with Crippen LogP contribution in [0.1, 0.15) is 18.2 Å². The van der Waals surface area contributed by atoms with Crippen molar-refractivity contribution in [3.8, 4) is 11.3 Å². The van der Waals surface area contributed by atoms with Crippen LogP contribution in [0, 0.1) is 12.7 Å². The molecule has 0 saturated heterocycles. The molecular formula is C15H18FNO. The molecule has 0 bridgehead atoms. The molecule has 1 atom stereocenters. The van der Waals surface area contributed by atoms with Gasteiger partial charge in [-0.3, -0.25) is 0 Å². The molecule has 96 valence electrons. The van der Waals surface area contributed by atoms with E-state index in [1.54, 1.807) is 13.0 Å². The lowest BCUT2D eigenvalue weighted by atomic mass is 10.1. The Kier molecular flexibility index (Phi) is 3.82. The van der Waals surface area contributed by atoms with Crippen LogP contribution in [0.3, 0.4) is 0 Å². The first-order valence-corrected chi connectivity index (χ1v) is 6.13. The fourth-order valence-electron chi connectivity index (χ4n) is 1.91. The Morgan fingerprint density at radius 2 is 2.06 bits per heavy atom. The molecule has 2 aromatic rings. The smallest absolute Gasteiger partial charge is 0.134 e. The first-order valence-electron chi connectivity index (χ1n) is 6.13. The van der Waals surface area contributed by atoms with E-state index in [4.69, 9.17) is 4.42 Å². The molecule has 0 fully saturated rings. The van der Waals surface area contributed by atoms with Gasteiger partial charge in [0.1, 0.15) is 17.3 Å². The summed E-state index contributed by atoms with van der Waals surface area (Å²) >= 11 is 0. The van der Waals surface area contributed by atoms with Crippen LogP contribution in [0.5, 0.6) is 0 Å².